The first-order chi connectivity index (χ1) is 19.7. The maximum atomic E-state index is 11.5. The Morgan fingerprint density at radius 1 is 0.725 bits per heavy atom. The van der Waals surface area contributed by atoms with Gasteiger partial charge in [-0.2, -0.15) is 0 Å². The molecule has 200 valence electrons. The number of nitrogens with one attached hydrogen (secondary N) is 1. The summed E-state index contributed by atoms with van der Waals surface area (Å²) in [5, 5.41) is 18.3. The smallest absolute Gasteiger partial charge is 0.145 e. The normalized spacial score (nSPS) is 12.0. The van der Waals surface area contributed by atoms with E-state index < -0.39 is 6.10 Å². The molecular weight excluding hydrogens is 496 g/mol. The molecule has 5 nitrogen and oxygen atoms in total. The molecule has 0 saturated carbocycles. The molecule has 0 fully saturated rings. The number of anilines is 1. The second-order valence-electron chi connectivity index (χ2n) is 9.85. The summed E-state index contributed by atoms with van der Waals surface area (Å²) < 4.78 is 13.2. The summed E-state index contributed by atoms with van der Waals surface area (Å²) in [6, 6.07) is 39.5. The minimum atomic E-state index is -0.674. The lowest BCUT2D eigenvalue weighted by atomic mass is 9.97. The number of ether oxygens (including phenoxy) is 2. The van der Waals surface area contributed by atoms with Gasteiger partial charge in [-0.15, -0.1) is 0 Å². The summed E-state index contributed by atoms with van der Waals surface area (Å²) in [4.78, 5) is 0. The first-order valence-corrected chi connectivity index (χ1v) is 13.5. The van der Waals surface area contributed by atoms with Crippen LogP contribution >= 0.6 is 0 Å². The maximum absolute atomic E-state index is 11.5. The van der Waals surface area contributed by atoms with Crippen LogP contribution in [0.4, 0.5) is 5.69 Å². The number of hydrogen-bond acceptors (Lipinski definition) is 4. The zero-order valence-electron chi connectivity index (χ0n) is 22.7. The molecule has 0 amide bonds. The predicted octanol–water partition coefficient (Wildman–Crippen LogP) is 7.62. The highest BCUT2D eigenvalue weighted by atomic mass is 16.5. The molecule has 0 aliphatic heterocycles. The number of aliphatic hydroxyl groups excluding tert-OH is 1. The average molecular weight is 529 g/mol. The molecule has 40 heavy (non-hydrogen) atoms. The van der Waals surface area contributed by atoms with Gasteiger partial charge < -0.3 is 24.5 Å². The van der Waals surface area contributed by atoms with Gasteiger partial charge in [0.1, 0.15) is 11.5 Å². The minimum Gasteiger partial charge on any atom is -0.497 e. The van der Waals surface area contributed by atoms with Crippen LogP contribution in [0, 0.1) is 0 Å². The van der Waals surface area contributed by atoms with Crippen molar-refractivity contribution in [1.29, 1.82) is 0 Å². The van der Waals surface area contributed by atoms with Crippen LogP contribution < -0.4 is 14.8 Å². The molecule has 5 aromatic carbocycles. The van der Waals surface area contributed by atoms with Gasteiger partial charge in [0.05, 0.1) is 43.8 Å². The average Bonchev–Trinajstić information content (AvgIpc) is 3.35. The van der Waals surface area contributed by atoms with Gasteiger partial charge in [0.15, 0.2) is 0 Å². The largest absolute Gasteiger partial charge is 0.497 e. The quantitative estimate of drug-likeness (QED) is 0.203. The maximum Gasteiger partial charge on any atom is 0.145 e. The Hall–Kier alpha value is -4.74. The van der Waals surface area contributed by atoms with Crippen LogP contribution in [-0.4, -0.2) is 36.5 Å². The first-order valence-electron chi connectivity index (χ1n) is 13.5. The second-order valence-corrected chi connectivity index (χ2v) is 9.85. The summed E-state index contributed by atoms with van der Waals surface area (Å²) in [6.07, 6.45) is -0.674. The Morgan fingerprint density at radius 2 is 1.43 bits per heavy atom. The van der Waals surface area contributed by atoms with Crippen molar-refractivity contribution in [1.82, 2.24) is 4.57 Å². The fourth-order valence-corrected chi connectivity index (χ4v) is 5.55. The molecule has 0 spiro atoms. The summed E-state index contributed by atoms with van der Waals surface area (Å²) in [6.45, 7) is 0.759. The van der Waals surface area contributed by atoms with Gasteiger partial charge in [-0.05, 0) is 28.6 Å². The van der Waals surface area contributed by atoms with Gasteiger partial charge in [-0.25, -0.2) is 0 Å². The standard InChI is InChI=1S/C35H32N2O3/c1-39-28-18-20-31(32(21-28)40-2)36-22-27(38)23-37-34(26-14-7-4-8-15-26)33(25-12-5-3-6-13-25)30-19-17-24-11-9-10-16-29(24)35(30)37/h3-21,27,36,38H,22-23H2,1-2H3. The van der Waals surface area contributed by atoms with Crippen molar-refractivity contribution >= 4 is 27.4 Å². The number of aromatic nitrogens is 1. The van der Waals surface area contributed by atoms with Gasteiger partial charge in [-0.1, -0.05) is 97.1 Å². The molecule has 0 radical (unpaired) electrons. The summed E-state index contributed by atoms with van der Waals surface area (Å²) in [7, 11) is 3.26. The third-order valence-corrected chi connectivity index (χ3v) is 7.39. The van der Waals surface area contributed by atoms with E-state index in [1.54, 1.807) is 14.2 Å². The number of benzene rings is 5. The van der Waals surface area contributed by atoms with Crippen molar-refractivity contribution < 1.29 is 14.6 Å². The molecule has 0 aliphatic rings. The molecule has 1 heterocycles. The lowest BCUT2D eigenvalue weighted by molar-refractivity contribution is 0.169. The molecule has 2 N–H and O–H groups in total. The molecule has 6 aromatic rings. The number of rotatable bonds is 9. The predicted molar refractivity (Wildman–Crippen MR) is 164 cm³/mol. The molecule has 6 rings (SSSR count). The van der Waals surface area contributed by atoms with Crippen LogP contribution in [0.5, 0.6) is 11.5 Å². The van der Waals surface area contributed by atoms with E-state index in [9.17, 15) is 5.11 Å². The van der Waals surface area contributed by atoms with Gasteiger partial charge in [0.2, 0.25) is 0 Å². The van der Waals surface area contributed by atoms with Gasteiger partial charge >= 0.3 is 0 Å². The van der Waals surface area contributed by atoms with E-state index >= 15 is 0 Å². The molecule has 0 bridgehead atoms. The van der Waals surface area contributed by atoms with Crippen LogP contribution in [0.25, 0.3) is 44.1 Å². The first kappa shape index (κ1) is 25.5. The molecule has 1 atom stereocenters. The summed E-state index contributed by atoms with van der Waals surface area (Å²) >= 11 is 0. The SMILES string of the molecule is COc1ccc(NCC(O)Cn2c(-c3ccccc3)c(-c3ccccc3)c3ccc4ccccc4c32)c(OC)c1. The molecule has 0 saturated heterocycles. The molecule has 1 aromatic heterocycles. The molecule has 0 aliphatic carbocycles. The van der Waals surface area contributed by atoms with Crippen LogP contribution in [0.2, 0.25) is 0 Å². The Labute approximate surface area is 234 Å². The van der Waals surface area contributed by atoms with Crippen molar-refractivity contribution in [2.45, 2.75) is 12.6 Å². The number of methoxy groups -OCH3 is 2. The minimum absolute atomic E-state index is 0.349. The third kappa shape index (κ3) is 4.76. The zero-order chi connectivity index (χ0) is 27.5. The number of aliphatic hydroxyl groups is 1. The monoisotopic (exact) mass is 528 g/mol. The number of nitrogens with zero attached hydrogens (tertiary/aromatic N) is 1. The van der Waals surface area contributed by atoms with Crippen LogP contribution in [0.1, 0.15) is 0 Å². The van der Waals surface area contributed by atoms with Crippen LogP contribution in [-0.2, 0) is 6.54 Å². The van der Waals surface area contributed by atoms with Crippen LogP contribution in [0.15, 0.2) is 115 Å². The fraction of sp³-hybridized carbons (Fsp3) is 0.143. The Kier molecular flexibility index (Phi) is 7.13. The van der Waals surface area contributed by atoms with E-state index in [0.29, 0.717) is 18.8 Å². The fourth-order valence-electron chi connectivity index (χ4n) is 5.55. The number of hydrogen-bond donors (Lipinski definition) is 2. The van der Waals surface area contributed by atoms with E-state index in [-0.39, 0.29) is 0 Å². The Bertz CT molecular complexity index is 1760. The summed E-state index contributed by atoms with van der Waals surface area (Å²) in [5.41, 5.74) is 6.45. The Balaban J connectivity index is 1.49. The van der Waals surface area contributed by atoms with Crippen molar-refractivity contribution in [3.63, 3.8) is 0 Å². The van der Waals surface area contributed by atoms with Crippen molar-refractivity contribution in [3.05, 3.63) is 115 Å². The van der Waals surface area contributed by atoms with Crippen molar-refractivity contribution in [3.8, 4) is 33.9 Å². The van der Waals surface area contributed by atoms with Gasteiger partial charge in [0.25, 0.3) is 0 Å². The van der Waals surface area contributed by atoms with Gasteiger partial charge in [-0.3, -0.25) is 0 Å². The van der Waals surface area contributed by atoms with E-state index in [2.05, 4.69) is 94.8 Å². The second kappa shape index (κ2) is 11.2. The summed E-state index contributed by atoms with van der Waals surface area (Å²) in [5.74, 6) is 1.38. The molecule has 5 heteroatoms. The third-order valence-electron chi connectivity index (χ3n) is 7.39. The van der Waals surface area contributed by atoms with E-state index in [0.717, 1.165) is 39.2 Å². The molecular formula is C35H32N2O3. The van der Waals surface area contributed by atoms with E-state index in [1.807, 2.05) is 30.3 Å². The number of fused-ring (bicyclic) bond motifs is 3. The lowest BCUT2D eigenvalue weighted by Crippen LogP contribution is -2.25. The molecule has 1 unspecified atom stereocenters. The highest BCUT2D eigenvalue weighted by Crippen LogP contribution is 2.43. The van der Waals surface area contributed by atoms with Crippen molar-refractivity contribution in [2.75, 3.05) is 26.1 Å². The highest BCUT2D eigenvalue weighted by molar-refractivity contribution is 6.15. The topological polar surface area (TPSA) is 55.6 Å². The zero-order valence-corrected chi connectivity index (χ0v) is 22.7. The van der Waals surface area contributed by atoms with E-state index in [4.69, 9.17) is 9.47 Å². The van der Waals surface area contributed by atoms with Gasteiger partial charge in [0, 0.05) is 28.9 Å². The lowest BCUT2D eigenvalue weighted by Gasteiger charge is -2.19. The highest BCUT2D eigenvalue weighted by Gasteiger charge is 2.23. The Morgan fingerprint density at radius 3 is 2.15 bits per heavy atom. The van der Waals surface area contributed by atoms with Crippen LogP contribution in [0.3, 0.4) is 0 Å². The van der Waals surface area contributed by atoms with E-state index in [1.165, 1.54) is 16.3 Å². The van der Waals surface area contributed by atoms with Crippen molar-refractivity contribution in [2.24, 2.45) is 0 Å².